The fraction of sp³-hybridized carbons (Fsp3) is 0.176. The molecule has 1 heterocycles. The fourth-order valence-corrected chi connectivity index (χ4v) is 4.41. The van der Waals surface area contributed by atoms with Gasteiger partial charge in [-0.1, -0.05) is 60.7 Å². The molecule has 1 amide bonds. The molecule has 0 aliphatic carbocycles. The number of carbonyl (C=O) groups excluding carboxylic acids is 1. The molecule has 0 fully saturated rings. The normalized spacial score (nSPS) is 13.7. The van der Waals surface area contributed by atoms with Gasteiger partial charge in [-0.05, 0) is 73.0 Å². The zero-order valence-corrected chi connectivity index (χ0v) is 23.4. The molecule has 41 heavy (non-hydrogen) atoms. The molecule has 208 valence electrons. The van der Waals surface area contributed by atoms with Crippen molar-refractivity contribution in [2.45, 2.75) is 27.1 Å². The Bertz CT molecular complexity index is 1570. The average Bonchev–Trinajstić information content (AvgIpc) is 3.29. The number of hydrogen-bond acceptors (Lipinski definition) is 6. The molecule has 1 aliphatic heterocycles. The Morgan fingerprint density at radius 3 is 2.10 bits per heavy atom. The quantitative estimate of drug-likeness (QED) is 0.188. The van der Waals surface area contributed by atoms with Crippen molar-refractivity contribution in [3.05, 3.63) is 119 Å². The van der Waals surface area contributed by atoms with Gasteiger partial charge in [0.15, 0.2) is 23.0 Å². The lowest BCUT2D eigenvalue weighted by molar-refractivity contribution is -0.114. The van der Waals surface area contributed by atoms with Crippen molar-refractivity contribution in [2.24, 2.45) is 5.10 Å². The molecule has 0 saturated carbocycles. The molecular weight excluding hydrogens is 516 g/mol. The highest BCUT2D eigenvalue weighted by Crippen LogP contribution is 2.33. The van der Waals surface area contributed by atoms with E-state index in [1.54, 1.807) is 7.11 Å². The summed E-state index contributed by atoms with van der Waals surface area (Å²) in [5.74, 6) is 2.33. The first kappa shape index (κ1) is 27.5. The van der Waals surface area contributed by atoms with E-state index >= 15 is 0 Å². The van der Waals surface area contributed by atoms with Crippen LogP contribution in [0.1, 0.15) is 30.5 Å². The minimum Gasteiger partial charge on any atom is -0.493 e. The number of nitrogens with zero attached hydrogens (tertiary/aromatic N) is 2. The summed E-state index contributed by atoms with van der Waals surface area (Å²) < 4.78 is 23.6. The van der Waals surface area contributed by atoms with E-state index in [2.05, 4.69) is 5.10 Å². The highest BCUT2D eigenvalue weighted by molar-refractivity contribution is 6.32. The van der Waals surface area contributed by atoms with Crippen molar-refractivity contribution >= 4 is 23.4 Å². The van der Waals surface area contributed by atoms with Gasteiger partial charge in [0, 0.05) is 0 Å². The zero-order valence-electron chi connectivity index (χ0n) is 23.4. The summed E-state index contributed by atoms with van der Waals surface area (Å²) >= 11 is 0. The molecule has 7 heteroatoms. The van der Waals surface area contributed by atoms with E-state index in [1.807, 2.05) is 117 Å². The Labute approximate surface area is 240 Å². The number of methoxy groups -OCH3 is 1. The molecule has 4 aromatic carbocycles. The van der Waals surface area contributed by atoms with Crippen LogP contribution in [0.15, 0.2) is 108 Å². The minimum absolute atomic E-state index is 0.172. The summed E-state index contributed by atoms with van der Waals surface area (Å²) in [5.41, 5.74) is 4.73. The van der Waals surface area contributed by atoms with E-state index in [1.165, 1.54) is 5.01 Å². The van der Waals surface area contributed by atoms with Crippen molar-refractivity contribution in [3.63, 3.8) is 0 Å². The number of para-hydroxylation sites is 1. The Balaban J connectivity index is 1.27. The topological polar surface area (TPSA) is 69.6 Å². The van der Waals surface area contributed by atoms with Crippen LogP contribution in [0, 0.1) is 0 Å². The number of hydrazone groups is 1. The number of ether oxygens (including phenoxy) is 4. The molecule has 7 nitrogen and oxygen atoms in total. The van der Waals surface area contributed by atoms with Crippen LogP contribution in [-0.4, -0.2) is 25.3 Å². The molecule has 0 spiro atoms. The van der Waals surface area contributed by atoms with E-state index in [4.69, 9.17) is 18.9 Å². The molecule has 0 atom stereocenters. The van der Waals surface area contributed by atoms with E-state index < -0.39 is 0 Å². The van der Waals surface area contributed by atoms with Crippen LogP contribution in [0.4, 0.5) is 5.69 Å². The van der Waals surface area contributed by atoms with Crippen molar-refractivity contribution in [1.82, 2.24) is 0 Å². The van der Waals surface area contributed by atoms with Gasteiger partial charge in [0.1, 0.15) is 13.2 Å². The third-order valence-corrected chi connectivity index (χ3v) is 6.50. The number of amides is 1. The van der Waals surface area contributed by atoms with Crippen LogP contribution in [-0.2, 0) is 18.0 Å². The minimum atomic E-state index is -0.172. The number of anilines is 1. The molecule has 0 saturated heterocycles. The van der Waals surface area contributed by atoms with Gasteiger partial charge in [0.25, 0.3) is 5.91 Å². The van der Waals surface area contributed by atoms with Crippen LogP contribution in [0.3, 0.4) is 0 Å². The second-order valence-corrected chi connectivity index (χ2v) is 9.38. The predicted molar refractivity (Wildman–Crippen MR) is 161 cm³/mol. The Morgan fingerprint density at radius 1 is 0.732 bits per heavy atom. The van der Waals surface area contributed by atoms with Gasteiger partial charge in [-0.2, -0.15) is 10.1 Å². The first-order valence-electron chi connectivity index (χ1n) is 13.5. The van der Waals surface area contributed by atoms with E-state index in [-0.39, 0.29) is 5.91 Å². The molecule has 4 aromatic rings. The summed E-state index contributed by atoms with van der Waals surface area (Å²) in [6, 6.07) is 30.8. The third kappa shape index (κ3) is 6.58. The van der Waals surface area contributed by atoms with Gasteiger partial charge in [-0.15, -0.1) is 0 Å². The average molecular weight is 549 g/mol. The van der Waals surface area contributed by atoms with E-state index in [9.17, 15) is 4.79 Å². The smallest absolute Gasteiger partial charge is 0.280 e. The fourth-order valence-electron chi connectivity index (χ4n) is 4.41. The first-order valence-corrected chi connectivity index (χ1v) is 13.5. The van der Waals surface area contributed by atoms with Gasteiger partial charge < -0.3 is 18.9 Å². The van der Waals surface area contributed by atoms with Gasteiger partial charge >= 0.3 is 0 Å². The molecule has 0 N–H and O–H groups in total. The second kappa shape index (κ2) is 12.9. The lowest BCUT2D eigenvalue weighted by Crippen LogP contribution is -2.21. The number of hydrogen-bond donors (Lipinski definition) is 0. The molecule has 0 bridgehead atoms. The van der Waals surface area contributed by atoms with E-state index in [0.29, 0.717) is 54.1 Å². The third-order valence-electron chi connectivity index (χ3n) is 6.50. The summed E-state index contributed by atoms with van der Waals surface area (Å²) in [4.78, 5) is 13.1. The van der Waals surface area contributed by atoms with Crippen molar-refractivity contribution in [1.29, 1.82) is 0 Å². The molecule has 0 unspecified atom stereocenters. The number of benzene rings is 4. The van der Waals surface area contributed by atoms with Gasteiger partial charge in [-0.3, -0.25) is 4.79 Å². The number of carbonyl (C=O) groups is 1. The van der Waals surface area contributed by atoms with Crippen molar-refractivity contribution in [2.75, 3.05) is 18.7 Å². The lowest BCUT2D eigenvalue weighted by Gasteiger charge is -2.15. The number of rotatable bonds is 11. The standard InChI is InChI=1S/C34H32N2O5/c1-4-39-33-21-27(16-18-31(33)40-22-25-11-7-5-8-12-25)23-41-30-17-15-26(20-32(30)38-3)19-29-24(2)35-36(34(29)37)28-13-9-6-10-14-28/h5-21H,4,22-23H2,1-3H3/b29-19-. The molecule has 1 aliphatic rings. The second-order valence-electron chi connectivity index (χ2n) is 9.38. The van der Waals surface area contributed by atoms with Gasteiger partial charge in [0.05, 0.1) is 30.7 Å². The largest absolute Gasteiger partial charge is 0.493 e. The summed E-state index contributed by atoms with van der Waals surface area (Å²) in [5, 5.41) is 5.87. The maximum Gasteiger partial charge on any atom is 0.280 e. The van der Waals surface area contributed by atoms with Crippen molar-refractivity contribution < 1.29 is 23.7 Å². The Morgan fingerprint density at radius 2 is 1.39 bits per heavy atom. The van der Waals surface area contributed by atoms with Crippen LogP contribution in [0.2, 0.25) is 0 Å². The molecule has 5 rings (SSSR count). The van der Waals surface area contributed by atoms with Crippen molar-refractivity contribution in [3.8, 4) is 23.0 Å². The molecular formula is C34H32N2O5. The summed E-state index contributed by atoms with van der Waals surface area (Å²) in [7, 11) is 1.59. The monoisotopic (exact) mass is 548 g/mol. The van der Waals surface area contributed by atoms with Crippen LogP contribution < -0.4 is 24.0 Å². The summed E-state index contributed by atoms with van der Waals surface area (Å²) in [6.07, 6.45) is 1.82. The van der Waals surface area contributed by atoms with Crippen LogP contribution >= 0.6 is 0 Å². The zero-order chi connectivity index (χ0) is 28.6. The maximum atomic E-state index is 13.1. The van der Waals surface area contributed by atoms with Crippen LogP contribution in [0.5, 0.6) is 23.0 Å². The van der Waals surface area contributed by atoms with E-state index in [0.717, 1.165) is 22.4 Å². The lowest BCUT2D eigenvalue weighted by atomic mass is 10.1. The van der Waals surface area contributed by atoms with Gasteiger partial charge in [-0.25, -0.2) is 0 Å². The maximum absolute atomic E-state index is 13.1. The Kier molecular flexibility index (Phi) is 8.64. The highest BCUT2D eigenvalue weighted by Gasteiger charge is 2.28. The highest BCUT2D eigenvalue weighted by atomic mass is 16.5. The SMILES string of the molecule is CCOc1cc(COc2ccc(/C=C3\C(=O)N(c4ccccc4)N=C3C)cc2OC)ccc1OCc1ccccc1. The van der Waals surface area contributed by atoms with Crippen LogP contribution in [0.25, 0.3) is 6.08 Å². The first-order chi connectivity index (χ1) is 20.1. The molecule has 0 radical (unpaired) electrons. The predicted octanol–water partition coefficient (Wildman–Crippen LogP) is 7.06. The molecule has 0 aromatic heterocycles. The Hall–Kier alpha value is -5.04. The summed E-state index contributed by atoms with van der Waals surface area (Å²) in [6.45, 7) is 5.06. The van der Waals surface area contributed by atoms with Gasteiger partial charge in [0.2, 0.25) is 0 Å².